The van der Waals surface area contributed by atoms with Crippen molar-refractivity contribution in [3.05, 3.63) is 65.2 Å². The third kappa shape index (κ3) is 4.69. The summed E-state index contributed by atoms with van der Waals surface area (Å²) in [6.07, 6.45) is 1.14. The van der Waals surface area contributed by atoms with Gasteiger partial charge in [0.1, 0.15) is 0 Å². The first-order valence-corrected chi connectivity index (χ1v) is 8.25. The molecule has 126 valence electrons. The number of carbonyl (C=O) groups is 2. The fourth-order valence-corrected chi connectivity index (χ4v) is 2.37. The van der Waals surface area contributed by atoms with E-state index in [9.17, 15) is 9.59 Å². The van der Waals surface area contributed by atoms with Gasteiger partial charge in [0.25, 0.3) is 5.91 Å². The molecule has 0 aliphatic carbocycles. The van der Waals surface area contributed by atoms with E-state index < -0.39 is 0 Å². The first-order valence-electron chi connectivity index (χ1n) is 8.25. The molecule has 0 aromatic heterocycles. The molecule has 0 spiro atoms. The number of benzene rings is 2. The fourth-order valence-electron chi connectivity index (χ4n) is 2.37. The van der Waals surface area contributed by atoms with E-state index in [1.807, 2.05) is 51.1 Å². The van der Waals surface area contributed by atoms with Crippen molar-refractivity contribution in [1.29, 1.82) is 0 Å². The Morgan fingerprint density at radius 2 is 1.71 bits per heavy atom. The van der Waals surface area contributed by atoms with Gasteiger partial charge in [-0.3, -0.25) is 9.59 Å². The molecule has 2 N–H and O–H groups in total. The second-order valence-electron chi connectivity index (χ2n) is 5.98. The Hall–Kier alpha value is -2.62. The first kappa shape index (κ1) is 17.7. The zero-order chi connectivity index (χ0) is 17.5. The molecular formula is C20H24N2O2. The van der Waals surface area contributed by atoms with Gasteiger partial charge in [0.2, 0.25) is 5.91 Å². The Balaban J connectivity index is 2.11. The second kappa shape index (κ2) is 8.29. The van der Waals surface area contributed by atoms with Crippen molar-refractivity contribution in [2.75, 3.05) is 5.32 Å². The summed E-state index contributed by atoms with van der Waals surface area (Å²) in [6, 6.07) is 15.0. The van der Waals surface area contributed by atoms with Crippen LogP contribution in [0.2, 0.25) is 0 Å². The molecule has 0 radical (unpaired) electrons. The summed E-state index contributed by atoms with van der Waals surface area (Å²) >= 11 is 0. The molecule has 0 saturated heterocycles. The third-order valence-corrected chi connectivity index (χ3v) is 4.05. The molecule has 2 amide bonds. The van der Waals surface area contributed by atoms with Crippen molar-refractivity contribution in [2.24, 2.45) is 0 Å². The maximum Gasteiger partial charge on any atom is 0.253 e. The molecule has 1 unspecified atom stereocenters. The van der Waals surface area contributed by atoms with E-state index in [2.05, 4.69) is 10.6 Å². The zero-order valence-corrected chi connectivity index (χ0v) is 14.4. The zero-order valence-electron chi connectivity index (χ0n) is 14.4. The van der Waals surface area contributed by atoms with E-state index >= 15 is 0 Å². The van der Waals surface area contributed by atoms with Gasteiger partial charge in [-0.25, -0.2) is 0 Å². The lowest BCUT2D eigenvalue weighted by Gasteiger charge is -2.15. The molecule has 4 nitrogen and oxygen atoms in total. The average Bonchev–Trinajstić information content (AvgIpc) is 2.57. The highest BCUT2D eigenvalue weighted by atomic mass is 16.2. The molecule has 1 atom stereocenters. The van der Waals surface area contributed by atoms with Gasteiger partial charge in [0.15, 0.2) is 0 Å². The van der Waals surface area contributed by atoms with Gasteiger partial charge < -0.3 is 10.6 Å². The number of rotatable bonds is 6. The smallest absolute Gasteiger partial charge is 0.253 e. The topological polar surface area (TPSA) is 58.2 Å². The molecule has 0 fully saturated rings. The van der Waals surface area contributed by atoms with Crippen molar-refractivity contribution in [3.63, 3.8) is 0 Å². The molecule has 0 bridgehead atoms. The summed E-state index contributed by atoms with van der Waals surface area (Å²) < 4.78 is 0. The number of aryl methyl sites for hydroxylation is 1. The lowest BCUT2D eigenvalue weighted by molar-refractivity contribution is -0.115. The predicted molar refractivity (Wildman–Crippen MR) is 97.2 cm³/mol. The van der Waals surface area contributed by atoms with Crippen LogP contribution in [0.4, 0.5) is 5.69 Å². The van der Waals surface area contributed by atoms with Crippen molar-refractivity contribution < 1.29 is 9.59 Å². The molecule has 2 aromatic carbocycles. The minimum Gasteiger partial charge on any atom is -0.350 e. The summed E-state index contributed by atoms with van der Waals surface area (Å²) in [6.45, 7) is 5.95. The predicted octanol–water partition coefficient (Wildman–Crippen LogP) is 3.70. The molecule has 24 heavy (non-hydrogen) atoms. The third-order valence-electron chi connectivity index (χ3n) is 4.05. The van der Waals surface area contributed by atoms with Crippen LogP contribution in [0.1, 0.15) is 41.8 Å². The second-order valence-corrected chi connectivity index (χ2v) is 5.98. The van der Waals surface area contributed by atoms with Gasteiger partial charge in [-0.2, -0.15) is 0 Å². The summed E-state index contributed by atoms with van der Waals surface area (Å²) in [5.41, 5.74) is 3.08. The van der Waals surface area contributed by atoms with E-state index in [4.69, 9.17) is 0 Å². The number of para-hydroxylation sites is 1. The summed E-state index contributed by atoms with van der Waals surface area (Å²) in [7, 11) is 0. The van der Waals surface area contributed by atoms with E-state index in [1.165, 1.54) is 0 Å². The largest absolute Gasteiger partial charge is 0.350 e. The Bertz CT molecular complexity index is 725. The minimum absolute atomic E-state index is 0.0909. The van der Waals surface area contributed by atoms with Crippen LogP contribution in [0.15, 0.2) is 48.5 Å². The van der Waals surface area contributed by atoms with Gasteiger partial charge in [-0.15, -0.1) is 0 Å². The summed E-state index contributed by atoms with van der Waals surface area (Å²) in [5, 5.41) is 5.79. The molecule has 2 aromatic rings. The lowest BCUT2D eigenvalue weighted by atomic mass is 10.1. The van der Waals surface area contributed by atoms with Gasteiger partial charge in [0, 0.05) is 6.04 Å². The van der Waals surface area contributed by atoms with E-state index in [0.29, 0.717) is 11.3 Å². The Morgan fingerprint density at radius 3 is 2.42 bits per heavy atom. The summed E-state index contributed by atoms with van der Waals surface area (Å²) in [4.78, 5) is 24.7. The molecule has 2 rings (SSSR count). The van der Waals surface area contributed by atoms with Crippen LogP contribution in [0.25, 0.3) is 0 Å². The van der Waals surface area contributed by atoms with E-state index in [1.54, 1.807) is 18.2 Å². The van der Waals surface area contributed by atoms with Crippen molar-refractivity contribution in [1.82, 2.24) is 5.32 Å². The Kier molecular flexibility index (Phi) is 6.13. The standard InChI is InChI=1S/C20H24N2O2/c1-4-15(3)21-20(24)17-11-7-8-12-18(17)22-19(23)13-16-10-6-5-9-14(16)2/h5-12,15H,4,13H2,1-3H3,(H,21,24)(H,22,23). The normalized spacial score (nSPS) is 11.6. The van der Waals surface area contributed by atoms with Crippen molar-refractivity contribution in [2.45, 2.75) is 39.7 Å². The monoisotopic (exact) mass is 324 g/mol. The number of anilines is 1. The number of hydrogen-bond acceptors (Lipinski definition) is 2. The molecule has 0 saturated carbocycles. The minimum atomic E-state index is -0.170. The van der Waals surface area contributed by atoms with Crippen LogP contribution in [0.5, 0.6) is 0 Å². The molecule has 0 aliphatic heterocycles. The maximum atomic E-state index is 12.4. The highest BCUT2D eigenvalue weighted by molar-refractivity contribution is 6.04. The average molecular weight is 324 g/mol. The summed E-state index contributed by atoms with van der Waals surface area (Å²) in [5.74, 6) is -0.302. The molecule has 4 heteroatoms. The lowest BCUT2D eigenvalue weighted by Crippen LogP contribution is -2.32. The molecular weight excluding hydrogens is 300 g/mol. The van der Waals surface area contributed by atoms with Gasteiger partial charge in [0.05, 0.1) is 17.7 Å². The van der Waals surface area contributed by atoms with Crippen LogP contribution in [-0.4, -0.2) is 17.9 Å². The van der Waals surface area contributed by atoms with Crippen LogP contribution in [0.3, 0.4) is 0 Å². The van der Waals surface area contributed by atoms with Crippen LogP contribution in [0, 0.1) is 6.92 Å². The van der Waals surface area contributed by atoms with E-state index in [-0.39, 0.29) is 24.3 Å². The number of hydrogen-bond donors (Lipinski definition) is 2. The van der Waals surface area contributed by atoms with Crippen molar-refractivity contribution >= 4 is 17.5 Å². The molecule has 0 heterocycles. The van der Waals surface area contributed by atoms with Crippen LogP contribution < -0.4 is 10.6 Å². The number of nitrogens with one attached hydrogen (secondary N) is 2. The maximum absolute atomic E-state index is 12.4. The Morgan fingerprint density at radius 1 is 1.04 bits per heavy atom. The fraction of sp³-hybridized carbons (Fsp3) is 0.300. The number of carbonyl (C=O) groups excluding carboxylic acids is 2. The van der Waals surface area contributed by atoms with Crippen LogP contribution >= 0.6 is 0 Å². The SMILES string of the molecule is CCC(C)NC(=O)c1ccccc1NC(=O)Cc1ccccc1C. The highest BCUT2D eigenvalue weighted by Crippen LogP contribution is 2.16. The first-order chi connectivity index (χ1) is 11.5. The highest BCUT2D eigenvalue weighted by Gasteiger charge is 2.15. The van der Waals surface area contributed by atoms with Gasteiger partial charge >= 0.3 is 0 Å². The van der Waals surface area contributed by atoms with Crippen LogP contribution in [-0.2, 0) is 11.2 Å². The van der Waals surface area contributed by atoms with Gasteiger partial charge in [-0.1, -0.05) is 43.3 Å². The molecule has 0 aliphatic rings. The van der Waals surface area contributed by atoms with Crippen molar-refractivity contribution in [3.8, 4) is 0 Å². The van der Waals surface area contributed by atoms with E-state index in [0.717, 1.165) is 17.5 Å². The van der Waals surface area contributed by atoms with Gasteiger partial charge in [-0.05, 0) is 43.5 Å². The quantitative estimate of drug-likeness (QED) is 0.851. The number of amides is 2. The Labute approximate surface area is 143 Å².